The molecule has 0 unspecified atom stereocenters. The first-order valence-corrected chi connectivity index (χ1v) is 13.4. The van der Waals surface area contributed by atoms with Crippen molar-refractivity contribution >= 4 is 46.6 Å². The second-order valence-corrected chi connectivity index (χ2v) is 9.45. The maximum atomic E-state index is 5.84. The van der Waals surface area contributed by atoms with Crippen LogP contribution in [0.2, 0.25) is 0 Å². The third-order valence-electron chi connectivity index (χ3n) is 6.08. The molecule has 0 aliphatic heterocycles. The Kier molecular flexibility index (Phi) is 9.87. The predicted molar refractivity (Wildman–Crippen MR) is 176 cm³/mol. The number of guanidine groups is 4. The molecule has 10 heteroatoms. The number of nitrogens with two attached hydrogens (primary N) is 4. The Balaban J connectivity index is 1.72. The lowest BCUT2D eigenvalue weighted by Gasteiger charge is -2.25. The van der Waals surface area contributed by atoms with Crippen LogP contribution in [0.5, 0.6) is 0 Å². The Labute approximate surface area is 246 Å². The molecule has 0 saturated carbocycles. The lowest BCUT2D eigenvalue weighted by molar-refractivity contribution is 0.957. The van der Waals surface area contributed by atoms with Crippen molar-refractivity contribution in [2.45, 2.75) is 13.8 Å². The molecule has 42 heavy (non-hydrogen) atoms. The Morgan fingerprint density at radius 1 is 0.476 bits per heavy atom. The van der Waals surface area contributed by atoms with Crippen molar-refractivity contribution in [1.29, 1.82) is 0 Å². The molecule has 0 atom stereocenters. The van der Waals surface area contributed by atoms with Crippen LogP contribution in [0.1, 0.15) is 11.1 Å². The minimum Gasteiger partial charge on any atom is -0.370 e. The van der Waals surface area contributed by atoms with E-state index >= 15 is 0 Å². The summed E-state index contributed by atoms with van der Waals surface area (Å²) in [6.45, 7) is 4.56. The molecule has 0 aromatic heterocycles. The summed E-state index contributed by atoms with van der Waals surface area (Å²) >= 11 is 0. The standard InChI is InChI=1S/C32H36N10/c1-23-13-17-27(18-14-23)41(25-9-5-3-6-10-25)31(39-29(33)34)37-21-22-38-32(40-30(35)36)42(26-11-7-4-8-12-26)28-19-15-24(2)16-20-28/h3-20H,21-22H2,1-2H3,(H4,33,34,37,39)(H4,35,36,38,40). The summed E-state index contributed by atoms with van der Waals surface area (Å²) in [7, 11) is 0. The summed E-state index contributed by atoms with van der Waals surface area (Å²) in [5.74, 6) is 0.423. The highest BCUT2D eigenvalue weighted by atomic mass is 15.3. The van der Waals surface area contributed by atoms with Crippen LogP contribution >= 0.6 is 0 Å². The van der Waals surface area contributed by atoms with Crippen molar-refractivity contribution in [2.24, 2.45) is 42.9 Å². The van der Waals surface area contributed by atoms with E-state index in [9.17, 15) is 0 Å². The number of hydrogen-bond donors (Lipinski definition) is 4. The zero-order chi connectivity index (χ0) is 29.9. The Hall–Kier alpha value is -5.64. The lowest BCUT2D eigenvalue weighted by Crippen LogP contribution is -2.32. The molecule has 4 aromatic carbocycles. The van der Waals surface area contributed by atoms with Crippen LogP contribution < -0.4 is 32.7 Å². The topological polar surface area (TPSA) is 160 Å². The summed E-state index contributed by atoms with van der Waals surface area (Å²) in [5, 5.41) is 0. The monoisotopic (exact) mass is 560 g/mol. The van der Waals surface area contributed by atoms with Crippen molar-refractivity contribution in [3.63, 3.8) is 0 Å². The molecule has 0 heterocycles. The highest BCUT2D eigenvalue weighted by molar-refractivity contribution is 6.08. The van der Waals surface area contributed by atoms with Crippen molar-refractivity contribution in [3.05, 3.63) is 120 Å². The average molecular weight is 561 g/mol. The third kappa shape index (κ3) is 7.95. The van der Waals surface area contributed by atoms with E-state index in [4.69, 9.17) is 32.9 Å². The van der Waals surface area contributed by atoms with E-state index < -0.39 is 0 Å². The number of benzene rings is 4. The molecule has 0 amide bonds. The maximum Gasteiger partial charge on any atom is 0.233 e. The van der Waals surface area contributed by atoms with Crippen molar-refractivity contribution < 1.29 is 0 Å². The number of aliphatic imine (C=N–C) groups is 4. The summed E-state index contributed by atoms with van der Waals surface area (Å²) < 4.78 is 0. The molecule has 8 N–H and O–H groups in total. The Morgan fingerprint density at radius 2 is 0.786 bits per heavy atom. The van der Waals surface area contributed by atoms with Gasteiger partial charge >= 0.3 is 0 Å². The zero-order valence-corrected chi connectivity index (χ0v) is 23.8. The van der Waals surface area contributed by atoms with Gasteiger partial charge in [-0.25, -0.2) is 9.98 Å². The number of rotatable bonds is 7. The molecule has 4 aromatic rings. The van der Waals surface area contributed by atoms with Gasteiger partial charge < -0.3 is 22.9 Å². The van der Waals surface area contributed by atoms with Gasteiger partial charge in [-0.15, -0.1) is 0 Å². The van der Waals surface area contributed by atoms with Gasteiger partial charge in [-0.3, -0.25) is 9.80 Å². The summed E-state index contributed by atoms with van der Waals surface area (Å²) in [5.41, 5.74) is 29.0. The molecule has 10 nitrogen and oxygen atoms in total. The van der Waals surface area contributed by atoms with Gasteiger partial charge in [0.25, 0.3) is 0 Å². The Bertz CT molecular complexity index is 1430. The van der Waals surface area contributed by atoms with E-state index in [2.05, 4.69) is 9.98 Å². The molecule has 214 valence electrons. The molecule has 0 aliphatic carbocycles. The maximum absolute atomic E-state index is 5.84. The predicted octanol–water partition coefficient (Wildman–Crippen LogP) is 4.54. The molecular weight excluding hydrogens is 524 g/mol. The van der Waals surface area contributed by atoms with E-state index in [1.54, 1.807) is 0 Å². The molecule has 0 fully saturated rings. The lowest BCUT2D eigenvalue weighted by atomic mass is 10.2. The Morgan fingerprint density at radius 3 is 1.10 bits per heavy atom. The molecule has 0 aliphatic rings. The number of nitrogens with zero attached hydrogens (tertiary/aromatic N) is 6. The SMILES string of the molecule is Cc1ccc(N(C(N=C(N)N)=NCCN=C(N=C(N)N)N(c2ccccc2)c2ccc(C)cc2)c2ccccc2)cc1. The van der Waals surface area contributed by atoms with Crippen LogP contribution in [0.15, 0.2) is 129 Å². The normalized spacial score (nSPS) is 11.5. The molecule has 0 saturated heterocycles. The average Bonchev–Trinajstić information content (AvgIpc) is 2.98. The van der Waals surface area contributed by atoms with Gasteiger partial charge in [0.1, 0.15) is 0 Å². The molecule has 0 bridgehead atoms. The molecule has 4 rings (SSSR count). The minimum absolute atomic E-state index is 0.110. The first-order chi connectivity index (χ1) is 20.3. The number of para-hydroxylation sites is 2. The van der Waals surface area contributed by atoms with Crippen LogP contribution in [0, 0.1) is 13.8 Å². The largest absolute Gasteiger partial charge is 0.370 e. The minimum atomic E-state index is -0.110. The fourth-order valence-corrected chi connectivity index (χ4v) is 4.14. The van der Waals surface area contributed by atoms with E-state index in [1.807, 2.05) is 133 Å². The van der Waals surface area contributed by atoms with Crippen LogP contribution in [-0.4, -0.2) is 36.9 Å². The van der Waals surface area contributed by atoms with Gasteiger partial charge in [-0.05, 0) is 62.4 Å². The van der Waals surface area contributed by atoms with E-state index in [0.717, 1.165) is 33.9 Å². The van der Waals surface area contributed by atoms with Crippen LogP contribution in [0.3, 0.4) is 0 Å². The molecule has 0 radical (unpaired) electrons. The van der Waals surface area contributed by atoms with Crippen LogP contribution in [0.4, 0.5) is 22.7 Å². The second-order valence-electron chi connectivity index (χ2n) is 9.45. The van der Waals surface area contributed by atoms with E-state index in [0.29, 0.717) is 11.9 Å². The van der Waals surface area contributed by atoms with Crippen molar-refractivity contribution in [3.8, 4) is 0 Å². The smallest absolute Gasteiger partial charge is 0.233 e. The highest BCUT2D eigenvalue weighted by Crippen LogP contribution is 2.28. The van der Waals surface area contributed by atoms with Gasteiger partial charge in [-0.2, -0.15) is 9.98 Å². The summed E-state index contributed by atoms with van der Waals surface area (Å²) in [6.07, 6.45) is 0. The third-order valence-corrected chi connectivity index (χ3v) is 6.08. The quantitative estimate of drug-likeness (QED) is 0.147. The van der Waals surface area contributed by atoms with Gasteiger partial charge in [-0.1, -0.05) is 71.8 Å². The van der Waals surface area contributed by atoms with Crippen LogP contribution in [0.25, 0.3) is 0 Å². The fourth-order valence-electron chi connectivity index (χ4n) is 4.14. The zero-order valence-electron chi connectivity index (χ0n) is 23.8. The highest BCUT2D eigenvalue weighted by Gasteiger charge is 2.18. The van der Waals surface area contributed by atoms with Gasteiger partial charge in [0, 0.05) is 22.7 Å². The fraction of sp³-hybridized carbons (Fsp3) is 0.125. The number of aryl methyl sites for hydroxylation is 2. The first kappa shape index (κ1) is 29.3. The molecule has 0 spiro atoms. The van der Waals surface area contributed by atoms with Gasteiger partial charge in [0.05, 0.1) is 13.1 Å². The van der Waals surface area contributed by atoms with E-state index in [1.165, 1.54) is 0 Å². The summed E-state index contributed by atoms with van der Waals surface area (Å²) in [6, 6.07) is 35.6. The number of hydrogen-bond acceptors (Lipinski definition) is 2. The second kappa shape index (κ2) is 14.1. The first-order valence-electron chi connectivity index (χ1n) is 13.4. The van der Waals surface area contributed by atoms with Crippen molar-refractivity contribution in [2.75, 3.05) is 22.9 Å². The summed E-state index contributed by atoms with van der Waals surface area (Å²) in [4.78, 5) is 22.1. The van der Waals surface area contributed by atoms with Gasteiger partial charge in [0.2, 0.25) is 11.9 Å². The van der Waals surface area contributed by atoms with Gasteiger partial charge in [0.15, 0.2) is 11.9 Å². The van der Waals surface area contributed by atoms with E-state index in [-0.39, 0.29) is 25.0 Å². The molecular formula is C32H36N10. The van der Waals surface area contributed by atoms with Crippen LogP contribution in [-0.2, 0) is 0 Å². The van der Waals surface area contributed by atoms with Crippen molar-refractivity contribution in [1.82, 2.24) is 0 Å². The number of anilines is 4.